The third-order valence-corrected chi connectivity index (χ3v) is 5.45. The van der Waals surface area contributed by atoms with Crippen molar-refractivity contribution in [3.05, 3.63) is 47.9 Å². The second-order valence-electron chi connectivity index (χ2n) is 8.31. The minimum Gasteiger partial charge on any atom is -0.494 e. The van der Waals surface area contributed by atoms with Crippen LogP contribution in [0.3, 0.4) is 0 Å². The average Bonchev–Trinajstić information content (AvgIpc) is 3.74. The molecule has 1 fully saturated rings. The standard InChI is InChI=1S/C24H26N8O4/c1-25-23(34)19-17(12-18(30-31-19)29-22(33)13-8-9-13)27-15-7-5-6-14(20(15)36-4)21-26-11-10-16(28-21)24(35)32(2)3/h5-7,10-13H,8-9H2,1-4H3,(H,25,34)(H2,27,29,30,33). The van der Waals surface area contributed by atoms with Gasteiger partial charge in [0.1, 0.15) is 5.69 Å². The summed E-state index contributed by atoms with van der Waals surface area (Å²) < 4.78 is 5.67. The molecule has 1 aliphatic carbocycles. The molecule has 1 aromatic carbocycles. The first-order valence-corrected chi connectivity index (χ1v) is 11.2. The van der Waals surface area contributed by atoms with Crippen LogP contribution in [-0.4, -0.2) is 71.0 Å². The van der Waals surface area contributed by atoms with Crippen LogP contribution in [-0.2, 0) is 4.79 Å². The summed E-state index contributed by atoms with van der Waals surface area (Å²) >= 11 is 0. The van der Waals surface area contributed by atoms with Crippen LogP contribution in [0.25, 0.3) is 11.4 Å². The average molecular weight is 491 g/mol. The number of ether oxygens (including phenoxy) is 1. The van der Waals surface area contributed by atoms with E-state index in [1.54, 1.807) is 32.3 Å². The summed E-state index contributed by atoms with van der Waals surface area (Å²) in [7, 11) is 6.26. The van der Waals surface area contributed by atoms with Gasteiger partial charge in [0, 0.05) is 39.3 Å². The van der Waals surface area contributed by atoms with E-state index in [1.807, 2.05) is 0 Å². The van der Waals surface area contributed by atoms with Crippen molar-refractivity contribution >= 4 is 34.9 Å². The van der Waals surface area contributed by atoms with Crippen molar-refractivity contribution < 1.29 is 19.1 Å². The highest BCUT2D eigenvalue weighted by Crippen LogP contribution is 2.37. The Kier molecular flexibility index (Phi) is 7.04. The number of benzene rings is 1. The maximum Gasteiger partial charge on any atom is 0.273 e. The van der Waals surface area contributed by atoms with Crippen LogP contribution >= 0.6 is 0 Å². The number of carbonyl (C=O) groups is 3. The molecule has 4 rings (SSSR count). The molecule has 0 atom stereocenters. The largest absolute Gasteiger partial charge is 0.494 e. The highest BCUT2D eigenvalue weighted by atomic mass is 16.5. The summed E-state index contributed by atoms with van der Waals surface area (Å²) in [5.41, 5.74) is 1.59. The zero-order valence-electron chi connectivity index (χ0n) is 20.3. The summed E-state index contributed by atoms with van der Waals surface area (Å²) in [6, 6.07) is 8.34. The van der Waals surface area contributed by atoms with Gasteiger partial charge in [0.05, 0.1) is 24.0 Å². The van der Waals surface area contributed by atoms with Gasteiger partial charge in [-0.15, -0.1) is 10.2 Å². The van der Waals surface area contributed by atoms with E-state index in [0.717, 1.165) is 12.8 Å². The first-order valence-electron chi connectivity index (χ1n) is 11.2. The minimum absolute atomic E-state index is 0.0197. The molecule has 186 valence electrons. The van der Waals surface area contributed by atoms with Crippen LogP contribution in [0.5, 0.6) is 5.75 Å². The van der Waals surface area contributed by atoms with Crippen molar-refractivity contribution in [2.45, 2.75) is 12.8 Å². The summed E-state index contributed by atoms with van der Waals surface area (Å²) in [6.45, 7) is 0. The van der Waals surface area contributed by atoms with E-state index >= 15 is 0 Å². The number of hydrogen-bond acceptors (Lipinski definition) is 9. The van der Waals surface area contributed by atoms with Crippen LogP contribution in [0, 0.1) is 5.92 Å². The molecule has 3 aromatic rings. The second-order valence-corrected chi connectivity index (χ2v) is 8.31. The number of amides is 3. The molecule has 0 aliphatic heterocycles. The van der Waals surface area contributed by atoms with Crippen LogP contribution < -0.4 is 20.7 Å². The van der Waals surface area contributed by atoms with Crippen molar-refractivity contribution in [1.82, 2.24) is 30.4 Å². The van der Waals surface area contributed by atoms with E-state index < -0.39 is 5.91 Å². The lowest BCUT2D eigenvalue weighted by Gasteiger charge is -2.17. The fraction of sp³-hybridized carbons (Fsp3) is 0.292. The summed E-state index contributed by atoms with van der Waals surface area (Å²) in [6.07, 6.45) is 3.19. The third kappa shape index (κ3) is 5.22. The minimum atomic E-state index is -0.460. The Bertz CT molecular complexity index is 1320. The number of nitrogens with one attached hydrogen (secondary N) is 3. The van der Waals surface area contributed by atoms with E-state index in [4.69, 9.17) is 4.74 Å². The molecule has 0 saturated heterocycles. The molecule has 1 saturated carbocycles. The number of anilines is 3. The molecule has 0 unspecified atom stereocenters. The molecule has 12 nitrogen and oxygen atoms in total. The van der Waals surface area contributed by atoms with E-state index in [2.05, 4.69) is 36.1 Å². The number of carbonyl (C=O) groups excluding carboxylic acids is 3. The van der Waals surface area contributed by atoms with E-state index in [9.17, 15) is 14.4 Å². The molecule has 36 heavy (non-hydrogen) atoms. The molecule has 12 heteroatoms. The monoisotopic (exact) mass is 490 g/mol. The number of aromatic nitrogens is 4. The van der Waals surface area contributed by atoms with Gasteiger partial charge in [-0.2, -0.15) is 0 Å². The SMILES string of the molecule is CNC(=O)c1nnc(NC(=O)C2CC2)cc1Nc1cccc(-c2nccc(C(=O)N(C)C)n2)c1OC. The van der Waals surface area contributed by atoms with Crippen LogP contribution in [0.1, 0.15) is 33.8 Å². The number of methoxy groups -OCH3 is 1. The molecule has 0 bridgehead atoms. The predicted octanol–water partition coefficient (Wildman–Crippen LogP) is 2.10. The van der Waals surface area contributed by atoms with Gasteiger partial charge in [0.15, 0.2) is 23.1 Å². The quantitative estimate of drug-likeness (QED) is 0.431. The number of para-hydroxylation sites is 1. The lowest BCUT2D eigenvalue weighted by Crippen LogP contribution is -2.23. The van der Waals surface area contributed by atoms with Gasteiger partial charge < -0.3 is 25.6 Å². The fourth-order valence-electron chi connectivity index (χ4n) is 3.42. The van der Waals surface area contributed by atoms with Crippen LogP contribution in [0.2, 0.25) is 0 Å². The molecule has 2 aromatic heterocycles. The summed E-state index contributed by atoms with van der Waals surface area (Å²) in [4.78, 5) is 47.2. The Morgan fingerprint density at radius 3 is 2.53 bits per heavy atom. The molecule has 0 radical (unpaired) electrons. The number of rotatable bonds is 8. The van der Waals surface area contributed by atoms with Crippen molar-refractivity contribution in [3.8, 4) is 17.1 Å². The molecule has 1 aliphatic rings. The lowest BCUT2D eigenvalue weighted by atomic mass is 10.1. The highest BCUT2D eigenvalue weighted by molar-refractivity contribution is 6.00. The smallest absolute Gasteiger partial charge is 0.273 e. The topological polar surface area (TPSA) is 151 Å². The predicted molar refractivity (Wildman–Crippen MR) is 132 cm³/mol. The van der Waals surface area contributed by atoms with Gasteiger partial charge >= 0.3 is 0 Å². The van der Waals surface area contributed by atoms with Crippen molar-refractivity contribution in [2.24, 2.45) is 5.92 Å². The Morgan fingerprint density at radius 2 is 1.86 bits per heavy atom. The number of nitrogens with zero attached hydrogens (tertiary/aromatic N) is 5. The van der Waals surface area contributed by atoms with Crippen LogP contribution in [0.4, 0.5) is 17.2 Å². The highest BCUT2D eigenvalue weighted by Gasteiger charge is 2.30. The van der Waals surface area contributed by atoms with E-state index in [-0.39, 0.29) is 34.9 Å². The molecular formula is C24H26N8O4. The maximum atomic E-state index is 12.4. The fourth-order valence-corrected chi connectivity index (χ4v) is 3.42. The van der Waals surface area contributed by atoms with Gasteiger partial charge in [-0.1, -0.05) is 6.07 Å². The Morgan fingerprint density at radius 1 is 1.08 bits per heavy atom. The third-order valence-electron chi connectivity index (χ3n) is 5.45. The van der Waals surface area contributed by atoms with Crippen molar-refractivity contribution in [2.75, 3.05) is 38.9 Å². The molecule has 2 heterocycles. The molecule has 3 N–H and O–H groups in total. The van der Waals surface area contributed by atoms with Crippen molar-refractivity contribution in [3.63, 3.8) is 0 Å². The molecule has 0 spiro atoms. The Labute approximate surface area is 207 Å². The first kappa shape index (κ1) is 24.5. The summed E-state index contributed by atoms with van der Waals surface area (Å²) in [5.74, 6) is 0.0234. The Balaban J connectivity index is 1.72. The van der Waals surface area contributed by atoms with Crippen LogP contribution in [0.15, 0.2) is 36.5 Å². The zero-order chi connectivity index (χ0) is 25.8. The zero-order valence-corrected chi connectivity index (χ0v) is 20.3. The normalized spacial score (nSPS) is 12.4. The summed E-state index contributed by atoms with van der Waals surface area (Å²) in [5, 5.41) is 16.4. The van der Waals surface area contributed by atoms with Gasteiger partial charge in [-0.3, -0.25) is 14.4 Å². The van der Waals surface area contributed by atoms with Crippen molar-refractivity contribution in [1.29, 1.82) is 0 Å². The molecular weight excluding hydrogens is 464 g/mol. The van der Waals surface area contributed by atoms with Gasteiger partial charge in [0.25, 0.3) is 11.8 Å². The maximum absolute atomic E-state index is 12.4. The van der Waals surface area contributed by atoms with E-state index in [0.29, 0.717) is 28.5 Å². The first-order chi connectivity index (χ1) is 17.3. The lowest BCUT2D eigenvalue weighted by molar-refractivity contribution is -0.117. The Hall–Kier alpha value is -4.61. The van der Waals surface area contributed by atoms with E-state index in [1.165, 1.54) is 37.4 Å². The van der Waals surface area contributed by atoms with Gasteiger partial charge in [-0.05, 0) is 31.0 Å². The second kappa shape index (κ2) is 10.3. The molecule has 3 amide bonds. The van der Waals surface area contributed by atoms with Gasteiger partial charge in [0.2, 0.25) is 5.91 Å². The number of hydrogen-bond donors (Lipinski definition) is 3. The van der Waals surface area contributed by atoms with Gasteiger partial charge in [-0.25, -0.2) is 9.97 Å².